The van der Waals surface area contributed by atoms with Crippen molar-refractivity contribution in [1.29, 1.82) is 0 Å². The number of sulfonamides is 1. The highest BCUT2D eigenvalue weighted by atomic mass is 35.5. The first-order chi connectivity index (χ1) is 27.8. The van der Waals surface area contributed by atoms with Crippen LogP contribution >= 0.6 is 23.2 Å². The fraction of sp³-hybridized carbons (Fsp3) is 0.564. The van der Waals surface area contributed by atoms with E-state index in [1.807, 2.05) is 20.8 Å². The molecule has 0 spiro atoms. The molecule has 20 heteroatoms. The number of carbonyl (C=O) groups is 7. The molecule has 6 N–H and O–H groups in total. The lowest BCUT2D eigenvalue weighted by Crippen LogP contribution is -2.60. The molecule has 1 unspecified atom stereocenters. The number of hydrogen-bond acceptors (Lipinski definition) is 11. The number of amides is 6. The van der Waals surface area contributed by atoms with Crippen LogP contribution in [0, 0.1) is 17.8 Å². The van der Waals surface area contributed by atoms with E-state index in [0.29, 0.717) is 6.42 Å². The van der Waals surface area contributed by atoms with Gasteiger partial charge in [0.05, 0.1) is 23.7 Å². The van der Waals surface area contributed by atoms with E-state index in [-0.39, 0.29) is 46.8 Å². The van der Waals surface area contributed by atoms with E-state index in [0.717, 1.165) is 44.2 Å². The lowest BCUT2D eigenvalue weighted by Gasteiger charge is -2.31. The Balaban J connectivity index is 1.73. The minimum Gasteiger partial charge on any atom is -0.344 e. The molecule has 0 bridgehead atoms. The first kappa shape index (κ1) is 48.7. The third kappa shape index (κ3) is 15.5. The molecule has 0 saturated heterocycles. The van der Waals surface area contributed by atoms with Gasteiger partial charge in [-0.25, -0.2) is 18.1 Å². The lowest BCUT2D eigenvalue weighted by atomic mass is 9.84. The summed E-state index contributed by atoms with van der Waals surface area (Å²) in [5.74, 6) is -6.48. The molecule has 2 aromatic rings. The summed E-state index contributed by atoms with van der Waals surface area (Å²) < 4.78 is 27.0. The zero-order valence-corrected chi connectivity index (χ0v) is 36.1. The fourth-order valence-corrected chi connectivity index (χ4v) is 8.23. The highest BCUT2D eigenvalue weighted by Gasteiger charge is 2.35. The van der Waals surface area contributed by atoms with E-state index in [1.54, 1.807) is 18.6 Å². The standard InChI is InChI=1S/C39H54Cl2N8O9S/c1-6-23(5)33(48-36(53)29(15-22(3)4)46-37(54)31-20-42-13-14-43-31)38(55)47-30(16-24-11-9-8-10-12-24)35(52)45-28(7-2)34(51)39(56)44-21-32(50)49-59(57,58)27-18-25(40)17-26(41)19-27/h13-14,17-20,22-24,28-30,33H,6-12,15-16,21H2,1-5H3,(H,44,56)(H,45,52)(H,46,54)(H,47,55)(H,48,53)(H,49,50)/t23-,28?,29-,30-,33-/m0/s1. The number of hydrogen-bond donors (Lipinski definition) is 6. The summed E-state index contributed by atoms with van der Waals surface area (Å²) in [5, 5.41) is 12.9. The van der Waals surface area contributed by atoms with E-state index >= 15 is 0 Å². The van der Waals surface area contributed by atoms with E-state index < -0.39 is 92.8 Å². The van der Waals surface area contributed by atoms with Crippen molar-refractivity contribution in [2.45, 2.75) is 121 Å². The van der Waals surface area contributed by atoms with Crippen LogP contribution in [0.15, 0.2) is 41.7 Å². The smallest absolute Gasteiger partial charge is 0.290 e. The van der Waals surface area contributed by atoms with Gasteiger partial charge in [0.2, 0.25) is 23.5 Å². The third-order valence-corrected chi connectivity index (χ3v) is 11.7. The van der Waals surface area contributed by atoms with Crippen LogP contribution in [-0.2, 0) is 38.8 Å². The van der Waals surface area contributed by atoms with Gasteiger partial charge in [-0.3, -0.25) is 38.5 Å². The molecule has 5 atom stereocenters. The second kappa shape index (κ2) is 23.2. The third-order valence-electron chi connectivity index (χ3n) is 9.91. The molecule has 1 aromatic heterocycles. The van der Waals surface area contributed by atoms with E-state index in [1.165, 1.54) is 24.7 Å². The Kier molecular flexibility index (Phi) is 19.1. The SMILES string of the molecule is CCC(NC(=O)[C@H](CC1CCCCC1)NC(=O)[C@@H](NC(=O)[C@H](CC(C)C)NC(=O)c1cnccn1)[C@@H](C)CC)C(=O)C(=O)NCC(=O)NS(=O)(=O)c1cc(Cl)cc(Cl)c1. The monoisotopic (exact) mass is 880 g/mol. The molecule has 324 valence electrons. The molecule has 59 heavy (non-hydrogen) atoms. The second-order valence-corrected chi connectivity index (χ2v) is 17.6. The van der Waals surface area contributed by atoms with Gasteiger partial charge in [0.15, 0.2) is 0 Å². The summed E-state index contributed by atoms with van der Waals surface area (Å²) in [4.78, 5) is 101. The van der Waals surface area contributed by atoms with Crippen LogP contribution in [-0.4, -0.2) is 90.3 Å². The average Bonchev–Trinajstić information content (AvgIpc) is 3.19. The van der Waals surface area contributed by atoms with Crippen molar-refractivity contribution in [2.75, 3.05) is 6.54 Å². The molecule has 3 rings (SSSR count). The van der Waals surface area contributed by atoms with Crippen molar-refractivity contribution in [3.63, 3.8) is 0 Å². The van der Waals surface area contributed by atoms with Gasteiger partial charge in [-0.1, -0.05) is 96.3 Å². The Morgan fingerprint density at radius 2 is 1.41 bits per heavy atom. The van der Waals surface area contributed by atoms with Gasteiger partial charge < -0.3 is 26.6 Å². The zero-order valence-electron chi connectivity index (χ0n) is 33.8. The van der Waals surface area contributed by atoms with Crippen molar-refractivity contribution < 1.29 is 42.0 Å². The van der Waals surface area contributed by atoms with Crippen molar-refractivity contribution in [1.82, 2.24) is 41.3 Å². The summed E-state index contributed by atoms with van der Waals surface area (Å²) in [7, 11) is -4.43. The molecule has 1 aliphatic rings. The predicted molar refractivity (Wildman–Crippen MR) is 219 cm³/mol. The maximum absolute atomic E-state index is 14.1. The Bertz CT molecular complexity index is 1910. The minimum absolute atomic E-state index is 0.00705. The van der Waals surface area contributed by atoms with Gasteiger partial charge >= 0.3 is 0 Å². The number of rotatable bonds is 21. The van der Waals surface area contributed by atoms with Gasteiger partial charge in [0.1, 0.15) is 23.8 Å². The number of carbonyl (C=O) groups excluding carboxylic acids is 7. The fourth-order valence-electron chi connectivity index (χ4n) is 6.52. The number of aromatic nitrogens is 2. The number of nitrogens with one attached hydrogen (secondary N) is 6. The first-order valence-corrected chi connectivity index (χ1v) is 21.9. The van der Waals surface area contributed by atoms with Gasteiger partial charge in [-0.15, -0.1) is 0 Å². The predicted octanol–water partition coefficient (Wildman–Crippen LogP) is 3.00. The van der Waals surface area contributed by atoms with Crippen molar-refractivity contribution >= 4 is 74.5 Å². The zero-order chi connectivity index (χ0) is 43.9. The summed E-state index contributed by atoms with van der Waals surface area (Å²) in [6.07, 6.45) is 9.48. The molecular weight excluding hydrogens is 827 g/mol. The van der Waals surface area contributed by atoms with E-state index in [2.05, 4.69) is 36.6 Å². The molecule has 1 aliphatic carbocycles. The van der Waals surface area contributed by atoms with Crippen LogP contribution in [0.2, 0.25) is 10.0 Å². The van der Waals surface area contributed by atoms with E-state index in [4.69, 9.17) is 23.2 Å². The van der Waals surface area contributed by atoms with Crippen molar-refractivity contribution in [3.8, 4) is 0 Å². The minimum atomic E-state index is -4.43. The van der Waals surface area contributed by atoms with E-state index in [9.17, 15) is 42.0 Å². The number of ketones is 1. The molecule has 0 aliphatic heterocycles. The Labute approximate surface area is 354 Å². The maximum Gasteiger partial charge on any atom is 0.290 e. The number of Topliss-reactive ketones (excluding diaryl/α,β-unsaturated/α-hetero) is 1. The first-order valence-electron chi connectivity index (χ1n) is 19.7. The molecule has 6 amide bonds. The number of nitrogens with zero attached hydrogens (tertiary/aromatic N) is 2. The summed E-state index contributed by atoms with van der Waals surface area (Å²) >= 11 is 11.7. The molecule has 1 fully saturated rings. The van der Waals surface area contributed by atoms with Crippen LogP contribution in [0.4, 0.5) is 0 Å². The van der Waals surface area contributed by atoms with Crippen molar-refractivity contribution in [2.24, 2.45) is 17.8 Å². The summed E-state index contributed by atoms with van der Waals surface area (Å²) in [6, 6.07) is -1.22. The molecular formula is C39H54Cl2N8O9S. The molecule has 1 heterocycles. The number of benzene rings is 1. The lowest BCUT2D eigenvalue weighted by molar-refractivity contribution is -0.141. The highest BCUT2D eigenvalue weighted by molar-refractivity contribution is 7.90. The van der Waals surface area contributed by atoms with Crippen LogP contribution in [0.1, 0.15) is 103 Å². The molecule has 1 aromatic carbocycles. The summed E-state index contributed by atoms with van der Waals surface area (Å²) in [6.45, 7) is 8.02. The quantitative estimate of drug-likeness (QED) is 0.0995. The number of halogens is 2. The molecule has 1 saturated carbocycles. The van der Waals surface area contributed by atoms with Gasteiger partial charge in [-0.05, 0) is 55.2 Å². The van der Waals surface area contributed by atoms with Gasteiger partial charge in [-0.2, -0.15) is 0 Å². The average molecular weight is 882 g/mol. The molecule has 0 radical (unpaired) electrons. The second-order valence-electron chi connectivity index (χ2n) is 15.1. The van der Waals surface area contributed by atoms with Crippen LogP contribution in [0.3, 0.4) is 0 Å². The van der Waals surface area contributed by atoms with Crippen molar-refractivity contribution in [3.05, 3.63) is 52.5 Å². The largest absolute Gasteiger partial charge is 0.344 e. The molecule has 17 nitrogen and oxygen atoms in total. The van der Waals surface area contributed by atoms with Gasteiger partial charge in [0.25, 0.3) is 27.7 Å². The Morgan fingerprint density at radius 1 is 0.780 bits per heavy atom. The Morgan fingerprint density at radius 3 is 1.98 bits per heavy atom. The normalized spacial score (nSPS) is 15.7. The van der Waals surface area contributed by atoms with Crippen LogP contribution < -0.4 is 31.3 Å². The topological polar surface area (TPSA) is 252 Å². The highest BCUT2D eigenvalue weighted by Crippen LogP contribution is 2.28. The van der Waals surface area contributed by atoms with Crippen LogP contribution in [0.25, 0.3) is 0 Å². The van der Waals surface area contributed by atoms with Gasteiger partial charge in [0, 0.05) is 22.4 Å². The summed E-state index contributed by atoms with van der Waals surface area (Å²) in [5.41, 5.74) is 0.0140. The Hall–Kier alpha value is -4.68. The van der Waals surface area contributed by atoms with Crippen LogP contribution in [0.5, 0.6) is 0 Å². The maximum atomic E-state index is 14.1.